The molecule has 3 rings (SSSR count). The molecule has 0 saturated carbocycles. The van der Waals surface area contributed by atoms with Crippen molar-refractivity contribution in [3.8, 4) is 0 Å². The summed E-state index contributed by atoms with van der Waals surface area (Å²) in [6, 6.07) is 18.1. The van der Waals surface area contributed by atoms with Gasteiger partial charge in [-0.05, 0) is 22.3 Å². The predicted molar refractivity (Wildman–Crippen MR) is 86.0 cm³/mol. The van der Waals surface area contributed by atoms with Crippen LogP contribution in [0.15, 0.2) is 59.7 Å². The van der Waals surface area contributed by atoms with Crippen LogP contribution in [0.5, 0.6) is 0 Å². The van der Waals surface area contributed by atoms with E-state index in [-0.39, 0.29) is 0 Å². The summed E-state index contributed by atoms with van der Waals surface area (Å²) in [7, 11) is 0. The predicted octanol–water partition coefficient (Wildman–Crippen LogP) is 6.01. The van der Waals surface area contributed by atoms with Gasteiger partial charge in [0.2, 0.25) is 0 Å². The fraction of sp³-hybridized carbons (Fsp3) is 0. The monoisotopic (exact) mass is 277 g/mol. The molecule has 0 aliphatic carbocycles. The fourth-order valence-electron chi connectivity index (χ4n) is 2.07. The minimum atomic E-state index is 0.709. The van der Waals surface area contributed by atoms with Crippen molar-refractivity contribution in [3.05, 3.63) is 76.2 Å². The van der Waals surface area contributed by atoms with Crippen molar-refractivity contribution in [1.82, 2.24) is 0 Å². The molecule has 0 aliphatic heterocycles. The van der Waals surface area contributed by atoms with E-state index in [0.717, 1.165) is 21.2 Å². The number of hydrogen-bond acceptors (Lipinski definition) is 2. The Labute approximate surface area is 120 Å². The van der Waals surface area contributed by atoms with Crippen molar-refractivity contribution in [1.29, 1.82) is 0 Å². The van der Waals surface area contributed by atoms with E-state index in [4.69, 9.17) is 5.53 Å². The third kappa shape index (κ3) is 2.43. The molecule has 3 aromatic rings. The van der Waals surface area contributed by atoms with Gasteiger partial charge in [-0.25, -0.2) is 0 Å². The summed E-state index contributed by atoms with van der Waals surface area (Å²) in [6.45, 7) is 0. The maximum absolute atomic E-state index is 8.70. The second-order valence-electron chi connectivity index (χ2n) is 4.25. The molecule has 2 aromatic carbocycles. The summed E-state index contributed by atoms with van der Waals surface area (Å²) < 4.78 is 1.13. The molecule has 0 spiro atoms. The summed E-state index contributed by atoms with van der Waals surface area (Å²) >= 11 is 1.51. The first-order valence-corrected chi connectivity index (χ1v) is 7.00. The second-order valence-corrected chi connectivity index (χ2v) is 5.28. The van der Waals surface area contributed by atoms with Gasteiger partial charge in [0.05, 0.1) is 5.00 Å². The van der Waals surface area contributed by atoms with Gasteiger partial charge >= 0.3 is 0 Å². The van der Waals surface area contributed by atoms with Crippen LogP contribution in [0.2, 0.25) is 0 Å². The minimum Gasteiger partial charge on any atom is -0.133 e. The van der Waals surface area contributed by atoms with E-state index in [9.17, 15) is 0 Å². The average Bonchev–Trinajstić information content (AvgIpc) is 2.84. The molecule has 1 heterocycles. The topological polar surface area (TPSA) is 48.8 Å². The largest absolute Gasteiger partial charge is 0.133 e. The molecule has 3 nitrogen and oxygen atoms in total. The fourth-order valence-corrected chi connectivity index (χ4v) is 3.08. The molecule has 0 bridgehead atoms. The van der Waals surface area contributed by atoms with Crippen LogP contribution in [0.1, 0.15) is 11.1 Å². The van der Waals surface area contributed by atoms with Crippen molar-refractivity contribution in [3.63, 3.8) is 0 Å². The Morgan fingerprint density at radius 2 is 1.70 bits per heavy atom. The number of rotatable bonds is 3. The molecule has 4 heteroatoms. The molecular weight excluding hydrogens is 266 g/mol. The van der Waals surface area contributed by atoms with Gasteiger partial charge in [-0.15, -0.1) is 11.3 Å². The molecule has 96 valence electrons. The Balaban J connectivity index is 2.12. The lowest BCUT2D eigenvalue weighted by molar-refractivity contribution is 1.56. The number of nitrogens with zero attached hydrogens (tertiary/aromatic N) is 3. The number of benzene rings is 2. The van der Waals surface area contributed by atoms with Gasteiger partial charge in [0.1, 0.15) is 0 Å². The highest BCUT2D eigenvalue weighted by molar-refractivity contribution is 7.22. The number of azide groups is 1. The zero-order chi connectivity index (χ0) is 13.8. The smallest absolute Gasteiger partial charge is 0.0987 e. The van der Waals surface area contributed by atoms with Crippen molar-refractivity contribution >= 4 is 38.6 Å². The number of fused-ring (bicyclic) bond motifs is 1. The molecule has 0 saturated heterocycles. The molecule has 0 N–H and O–H groups in total. The molecule has 0 aliphatic rings. The Morgan fingerprint density at radius 3 is 2.50 bits per heavy atom. The molecule has 0 fully saturated rings. The van der Waals surface area contributed by atoms with Crippen molar-refractivity contribution in [2.24, 2.45) is 5.11 Å². The Kier molecular flexibility index (Phi) is 3.50. The Bertz CT molecular complexity index is 812. The lowest BCUT2D eigenvalue weighted by atomic mass is 10.1. The van der Waals surface area contributed by atoms with Crippen LogP contribution >= 0.6 is 11.3 Å². The highest BCUT2D eigenvalue weighted by Gasteiger charge is 2.07. The standard InChI is InChI=1S/C16H11N3S/c17-19-18-16-14(11-10-12-6-2-1-3-7-12)13-8-4-5-9-15(13)20-16/h1-11H/b11-10+. The van der Waals surface area contributed by atoms with E-state index < -0.39 is 0 Å². The van der Waals surface area contributed by atoms with E-state index >= 15 is 0 Å². The van der Waals surface area contributed by atoms with Crippen molar-refractivity contribution in [2.45, 2.75) is 0 Å². The Hall–Kier alpha value is -2.55. The molecule has 1 aromatic heterocycles. The van der Waals surface area contributed by atoms with E-state index in [1.807, 2.05) is 66.7 Å². The summed E-state index contributed by atoms with van der Waals surface area (Å²) in [5, 5.41) is 5.63. The minimum absolute atomic E-state index is 0.709. The lowest BCUT2D eigenvalue weighted by Crippen LogP contribution is -1.71. The first-order chi connectivity index (χ1) is 9.88. The second kappa shape index (κ2) is 5.61. The number of hydrogen-bond donors (Lipinski definition) is 0. The van der Waals surface area contributed by atoms with Crippen LogP contribution in [0.25, 0.3) is 32.7 Å². The molecule has 0 unspecified atom stereocenters. The van der Waals surface area contributed by atoms with E-state index in [1.54, 1.807) is 0 Å². The molecular formula is C16H11N3S. The third-order valence-electron chi connectivity index (χ3n) is 2.99. The quantitative estimate of drug-likeness (QED) is 0.319. The van der Waals surface area contributed by atoms with Gasteiger partial charge in [-0.2, -0.15) is 0 Å². The normalized spacial score (nSPS) is 10.8. The third-order valence-corrected chi connectivity index (χ3v) is 4.06. The Morgan fingerprint density at radius 1 is 0.950 bits per heavy atom. The van der Waals surface area contributed by atoms with E-state index in [2.05, 4.69) is 10.0 Å². The van der Waals surface area contributed by atoms with Crippen LogP contribution < -0.4 is 0 Å². The molecule has 0 atom stereocenters. The zero-order valence-corrected chi connectivity index (χ0v) is 11.4. The van der Waals surface area contributed by atoms with Crippen molar-refractivity contribution in [2.75, 3.05) is 0 Å². The lowest BCUT2D eigenvalue weighted by Gasteiger charge is -1.95. The highest BCUT2D eigenvalue weighted by Crippen LogP contribution is 2.38. The van der Waals surface area contributed by atoms with Crippen LogP contribution in [-0.4, -0.2) is 0 Å². The van der Waals surface area contributed by atoms with Crippen LogP contribution in [0, 0.1) is 0 Å². The van der Waals surface area contributed by atoms with Gasteiger partial charge < -0.3 is 0 Å². The highest BCUT2D eigenvalue weighted by atomic mass is 32.1. The maximum Gasteiger partial charge on any atom is 0.0987 e. The van der Waals surface area contributed by atoms with Gasteiger partial charge in [-0.3, -0.25) is 0 Å². The van der Waals surface area contributed by atoms with Crippen LogP contribution in [-0.2, 0) is 0 Å². The van der Waals surface area contributed by atoms with Crippen LogP contribution in [0.3, 0.4) is 0 Å². The molecule has 0 amide bonds. The van der Waals surface area contributed by atoms with Gasteiger partial charge in [-0.1, -0.05) is 60.7 Å². The summed E-state index contributed by atoms with van der Waals surface area (Å²) in [4.78, 5) is 2.92. The first-order valence-electron chi connectivity index (χ1n) is 6.18. The molecule has 20 heavy (non-hydrogen) atoms. The van der Waals surface area contributed by atoms with Gasteiger partial charge in [0, 0.05) is 20.6 Å². The van der Waals surface area contributed by atoms with Gasteiger partial charge in [0.15, 0.2) is 0 Å². The average molecular weight is 277 g/mol. The van der Waals surface area contributed by atoms with Gasteiger partial charge in [0.25, 0.3) is 0 Å². The number of thiophene rings is 1. The van der Waals surface area contributed by atoms with Crippen LogP contribution in [0.4, 0.5) is 5.00 Å². The maximum atomic E-state index is 8.70. The summed E-state index contributed by atoms with van der Waals surface area (Å²) in [6.07, 6.45) is 4.04. The zero-order valence-electron chi connectivity index (χ0n) is 10.6. The SMILES string of the molecule is [N-]=[N+]=Nc1sc2ccccc2c1/C=C/c1ccccc1. The summed E-state index contributed by atoms with van der Waals surface area (Å²) in [5.74, 6) is 0. The molecule has 0 radical (unpaired) electrons. The first kappa shape index (κ1) is 12.5. The van der Waals surface area contributed by atoms with E-state index in [1.165, 1.54) is 11.3 Å². The summed E-state index contributed by atoms with van der Waals surface area (Å²) in [5.41, 5.74) is 10.8. The van der Waals surface area contributed by atoms with Crippen molar-refractivity contribution < 1.29 is 0 Å². The van der Waals surface area contributed by atoms with E-state index in [0.29, 0.717) is 5.00 Å².